The number of nitrogens with zero attached hydrogens (tertiary/aromatic N) is 1. The molecule has 0 radical (unpaired) electrons. The summed E-state index contributed by atoms with van der Waals surface area (Å²) in [6.07, 6.45) is 0.786. The molecule has 1 unspecified atom stereocenters. The Balaban J connectivity index is 0.00000180. The van der Waals surface area contributed by atoms with E-state index >= 15 is 0 Å². The number of amides is 1. The quantitative estimate of drug-likeness (QED) is 0.846. The molecule has 1 atom stereocenters. The summed E-state index contributed by atoms with van der Waals surface area (Å²) in [6, 6.07) is 1.44. The largest absolute Gasteiger partial charge is 0.337 e. The Morgan fingerprint density at radius 3 is 2.37 bits per heavy atom. The zero-order valence-electron chi connectivity index (χ0n) is 10.3. The third kappa shape index (κ3) is 3.19. The lowest BCUT2D eigenvalue weighted by molar-refractivity contribution is 0.0742. The Hall–Kier alpha value is -1.27. The number of carbonyl (C=O) groups excluding carboxylic acids is 1. The van der Waals surface area contributed by atoms with E-state index in [2.05, 4.69) is 5.32 Å². The van der Waals surface area contributed by atoms with Gasteiger partial charge in [-0.15, -0.1) is 12.4 Å². The molecular formula is C12H14ClF3N2O. The Bertz CT molecular complexity index is 455. The van der Waals surface area contributed by atoms with Crippen LogP contribution in [0.5, 0.6) is 0 Å². The van der Waals surface area contributed by atoms with Gasteiger partial charge in [-0.3, -0.25) is 4.79 Å². The van der Waals surface area contributed by atoms with Crippen molar-refractivity contribution in [1.82, 2.24) is 10.2 Å². The molecule has 1 aliphatic rings. The molecule has 0 aliphatic carbocycles. The van der Waals surface area contributed by atoms with Gasteiger partial charge < -0.3 is 10.2 Å². The predicted octanol–water partition coefficient (Wildman–Crippen LogP) is 1.96. The maximum Gasteiger partial charge on any atom is 0.254 e. The molecule has 0 aromatic heterocycles. The lowest BCUT2D eigenvalue weighted by Crippen LogP contribution is -2.38. The van der Waals surface area contributed by atoms with Crippen molar-refractivity contribution in [2.75, 3.05) is 20.1 Å². The minimum Gasteiger partial charge on any atom is -0.337 e. The van der Waals surface area contributed by atoms with E-state index in [1.54, 1.807) is 7.05 Å². The molecule has 2 rings (SSSR count). The fourth-order valence-electron chi connectivity index (χ4n) is 2.02. The molecule has 1 heterocycles. The Kier molecular flexibility index (Phi) is 5.20. The first kappa shape index (κ1) is 15.8. The SMILES string of the molecule is CN(C(=O)c1cc(F)c(F)c(F)c1)C1CCNC1.Cl. The minimum absolute atomic E-state index is 0. The van der Waals surface area contributed by atoms with Gasteiger partial charge in [0.05, 0.1) is 0 Å². The highest BCUT2D eigenvalue weighted by Crippen LogP contribution is 2.17. The Labute approximate surface area is 115 Å². The summed E-state index contributed by atoms with van der Waals surface area (Å²) in [4.78, 5) is 13.4. The number of rotatable bonds is 2. The molecule has 1 aromatic rings. The molecule has 19 heavy (non-hydrogen) atoms. The molecular weight excluding hydrogens is 281 g/mol. The van der Waals surface area contributed by atoms with Gasteiger partial charge >= 0.3 is 0 Å². The van der Waals surface area contributed by atoms with E-state index in [1.165, 1.54) is 4.90 Å². The van der Waals surface area contributed by atoms with E-state index < -0.39 is 23.4 Å². The van der Waals surface area contributed by atoms with Crippen LogP contribution in [0.1, 0.15) is 16.8 Å². The second kappa shape index (κ2) is 6.25. The second-order valence-electron chi connectivity index (χ2n) is 4.32. The lowest BCUT2D eigenvalue weighted by atomic mass is 10.1. The normalized spacial score (nSPS) is 18.0. The van der Waals surface area contributed by atoms with Crippen LogP contribution in [-0.2, 0) is 0 Å². The molecule has 1 aliphatic heterocycles. The van der Waals surface area contributed by atoms with Crippen molar-refractivity contribution in [2.24, 2.45) is 0 Å². The number of carbonyl (C=O) groups is 1. The van der Waals surface area contributed by atoms with Crippen molar-refractivity contribution in [1.29, 1.82) is 0 Å². The monoisotopic (exact) mass is 294 g/mol. The van der Waals surface area contributed by atoms with Crippen LogP contribution in [0.4, 0.5) is 13.2 Å². The Morgan fingerprint density at radius 2 is 1.89 bits per heavy atom. The third-order valence-electron chi connectivity index (χ3n) is 3.13. The molecule has 0 saturated carbocycles. The summed E-state index contributed by atoms with van der Waals surface area (Å²) in [6.45, 7) is 1.45. The van der Waals surface area contributed by atoms with Crippen molar-refractivity contribution in [2.45, 2.75) is 12.5 Å². The zero-order chi connectivity index (χ0) is 13.3. The highest BCUT2D eigenvalue weighted by atomic mass is 35.5. The first-order chi connectivity index (χ1) is 8.50. The number of hydrogen-bond acceptors (Lipinski definition) is 2. The van der Waals surface area contributed by atoms with Crippen molar-refractivity contribution in [3.63, 3.8) is 0 Å². The topological polar surface area (TPSA) is 32.3 Å². The van der Waals surface area contributed by atoms with Crippen LogP contribution in [0.3, 0.4) is 0 Å². The van der Waals surface area contributed by atoms with Crippen LogP contribution in [-0.4, -0.2) is 37.0 Å². The average molecular weight is 295 g/mol. The van der Waals surface area contributed by atoms with Crippen molar-refractivity contribution >= 4 is 18.3 Å². The molecule has 3 nitrogen and oxygen atoms in total. The molecule has 0 spiro atoms. The van der Waals surface area contributed by atoms with Gasteiger partial charge in [0.15, 0.2) is 17.5 Å². The van der Waals surface area contributed by atoms with Gasteiger partial charge in [-0.05, 0) is 25.1 Å². The van der Waals surface area contributed by atoms with Crippen molar-refractivity contribution in [3.8, 4) is 0 Å². The summed E-state index contributed by atoms with van der Waals surface area (Å²) in [7, 11) is 1.57. The summed E-state index contributed by atoms with van der Waals surface area (Å²) in [5.41, 5.74) is -0.180. The van der Waals surface area contributed by atoms with E-state index in [-0.39, 0.29) is 24.0 Å². The maximum atomic E-state index is 13.0. The maximum absolute atomic E-state index is 13.0. The van der Waals surface area contributed by atoms with Crippen LogP contribution in [0.25, 0.3) is 0 Å². The summed E-state index contributed by atoms with van der Waals surface area (Å²) >= 11 is 0. The van der Waals surface area contributed by atoms with Gasteiger partial charge in [0.2, 0.25) is 0 Å². The molecule has 1 fully saturated rings. The summed E-state index contributed by atoms with van der Waals surface area (Å²) in [5.74, 6) is -4.77. The van der Waals surface area contributed by atoms with Crippen molar-refractivity contribution in [3.05, 3.63) is 35.1 Å². The first-order valence-electron chi connectivity index (χ1n) is 5.63. The summed E-state index contributed by atoms with van der Waals surface area (Å²) in [5, 5.41) is 3.09. The highest BCUT2D eigenvalue weighted by Gasteiger charge is 2.25. The number of benzene rings is 1. The number of nitrogens with one attached hydrogen (secondary N) is 1. The van der Waals surface area contributed by atoms with E-state index in [4.69, 9.17) is 0 Å². The fourth-order valence-corrected chi connectivity index (χ4v) is 2.02. The van der Waals surface area contributed by atoms with Gasteiger partial charge in [-0.1, -0.05) is 0 Å². The number of likely N-dealkylation sites (N-methyl/N-ethyl adjacent to an activating group) is 1. The lowest BCUT2D eigenvalue weighted by Gasteiger charge is -2.23. The number of halogens is 4. The summed E-state index contributed by atoms with van der Waals surface area (Å²) < 4.78 is 38.9. The van der Waals surface area contributed by atoms with Crippen LogP contribution in [0.2, 0.25) is 0 Å². The highest BCUT2D eigenvalue weighted by molar-refractivity contribution is 5.94. The molecule has 1 aromatic carbocycles. The average Bonchev–Trinajstić information content (AvgIpc) is 2.87. The number of hydrogen-bond donors (Lipinski definition) is 1. The first-order valence-corrected chi connectivity index (χ1v) is 5.63. The van der Waals surface area contributed by atoms with Crippen LogP contribution < -0.4 is 5.32 Å². The molecule has 106 valence electrons. The van der Waals surface area contributed by atoms with Crippen LogP contribution >= 0.6 is 12.4 Å². The van der Waals surface area contributed by atoms with E-state index in [0.717, 1.165) is 25.1 Å². The van der Waals surface area contributed by atoms with Gasteiger partial charge in [0.1, 0.15) is 0 Å². The smallest absolute Gasteiger partial charge is 0.254 e. The predicted molar refractivity (Wildman–Crippen MR) is 66.9 cm³/mol. The molecule has 0 bridgehead atoms. The molecule has 7 heteroatoms. The molecule has 1 amide bonds. The minimum atomic E-state index is -1.56. The molecule has 1 saturated heterocycles. The van der Waals surface area contributed by atoms with Crippen LogP contribution in [0, 0.1) is 17.5 Å². The second-order valence-corrected chi connectivity index (χ2v) is 4.32. The fraction of sp³-hybridized carbons (Fsp3) is 0.417. The van der Waals surface area contributed by atoms with Crippen LogP contribution in [0.15, 0.2) is 12.1 Å². The van der Waals surface area contributed by atoms with E-state index in [9.17, 15) is 18.0 Å². The standard InChI is InChI=1S/C12H13F3N2O.ClH/c1-17(8-2-3-16-6-8)12(18)7-4-9(13)11(15)10(14)5-7;/h4-5,8,16H,2-3,6H2,1H3;1H. The third-order valence-corrected chi connectivity index (χ3v) is 3.13. The van der Waals surface area contributed by atoms with E-state index in [1.807, 2.05) is 0 Å². The molecule has 1 N–H and O–H groups in total. The van der Waals surface area contributed by atoms with E-state index in [0.29, 0.717) is 6.54 Å². The van der Waals surface area contributed by atoms with Gasteiger partial charge in [-0.25, -0.2) is 13.2 Å². The Morgan fingerprint density at radius 1 is 1.32 bits per heavy atom. The van der Waals surface area contributed by atoms with Gasteiger partial charge in [-0.2, -0.15) is 0 Å². The van der Waals surface area contributed by atoms with Gasteiger partial charge in [0.25, 0.3) is 5.91 Å². The van der Waals surface area contributed by atoms with Crippen molar-refractivity contribution < 1.29 is 18.0 Å². The van der Waals surface area contributed by atoms with Gasteiger partial charge in [0, 0.05) is 25.2 Å². The zero-order valence-corrected chi connectivity index (χ0v) is 11.1.